The first-order chi connectivity index (χ1) is 19.0. The number of methoxy groups -OCH3 is 1. The first-order valence-electron chi connectivity index (χ1n) is 13.1. The fourth-order valence-corrected chi connectivity index (χ4v) is 4.48. The lowest BCUT2D eigenvalue weighted by Crippen LogP contribution is -2.34. The molecule has 2 aliphatic rings. The number of imide groups is 1. The molecule has 4 N–H and O–H groups in total. The number of benzene rings is 2. The molecule has 0 bridgehead atoms. The number of hydrogen-bond acceptors (Lipinski definition) is 10. The summed E-state index contributed by atoms with van der Waals surface area (Å²) in [4.78, 5) is 39.4. The number of likely N-dealkylation sites (tertiary alicyclic amines) is 1. The van der Waals surface area contributed by atoms with Crippen LogP contribution in [0.1, 0.15) is 36.0 Å². The van der Waals surface area contributed by atoms with Crippen LogP contribution in [-0.2, 0) is 24.4 Å². The van der Waals surface area contributed by atoms with E-state index in [1.807, 2.05) is 24.3 Å². The monoisotopic (exact) mass is 531 g/mol. The van der Waals surface area contributed by atoms with E-state index in [4.69, 9.17) is 4.74 Å². The van der Waals surface area contributed by atoms with Gasteiger partial charge in [0.25, 0.3) is 0 Å². The SMILES string of the molecule is COc1ccc(CNc2nc(NCc3ccc(CN4CCCCC4)cc3)nc(NN3CC(=O)NC3=O)n2)cc1. The third kappa shape index (κ3) is 7.32. The molecular weight excluding hydrogens is 498 g/mol. The molecule has 5 rings (SSSR count). The van der Waals surface area contributed by atoms with Gasteiger partial charge in [0, 0.05) is 19.6 Å². The van der Waals surface area contributed by atoms with Gasteiger partial charge in [0.15, 0.2) is 0 Å². The van der Waals surface area contributed by atoms with Crippen molar-refractivity contribution in [2.24, 2.45) is 0 Å². The lowest BCUT2D eigenvalue weighted by molar-refractivity contribution is -0.118. The number of piperidine rings is 1. The van der Waals surface area contributed by atoms with Crippen LogP contribution in [0.3, 0.4) is 0 Å². The topological polar surface area (TPSA) is 137 Å². The number of nitrogens with one attached hydrogen (secondary N) is 4. The number of carbonyl (C=O) groups is 2. The summed E-state index contributed by atoms with van der Waals surface area (Å²) in [6.45, 7) is 4.15. The van der Waals surface area contributed by atoms with Crippen molar-refractivity contribution in [2.75, 3.05) is 42.8 Å². The van der Waals surface area contributed by atoms with Gasteiger partial charge in [0.1, 0.15) is 12.3 Å². The summed E-state index contributed by atoms with van der Waals surface area (Å²) < 4.78 is 5.21. The van der Waals surface area contributed by atoms with Gasteiger partial charge in [-0.05, 0) is 54.8 Å². The van der Waals surface area contributed by atoms with E-state index >= 15 is 0 Å². The van der Waals surface area contributed by atoms with Crippen LogP contribution in [0, 0.1) is 0 Å². The predicted octanol–water partition coefficient (Wildman–Crippen LogP) is 2.97. The quantitative estimate of drug-likeness (QED) is 0.273. The highest BCUT2D eigenvalue weighted by molar-refractivity contribution is 6.02. The first kappa shape index (κ1) is 26.2. The van der Waals surface area contributed by atoms with Crippen LogP contribution in [-0.4, -0.2) is 63.5 Å². The van der Waals surface area contributed by atoms with Crippen LogP contribution < -0.4 is 26.1 Å². The van der Waals surface area contributed by atoms with Crippen molar-refractivity contribution >= 4 is 29.8 Å². The zero-order chi connectivity index (χ0) is 27.0. The summed E-state index contributed by atoms with van der Waals surface area (Å²) in [7, 11) is 1.62. The molecule has 3 amide bonds. The highest BCUT2D eigenvalue weighted by Crippen LogP contribution is 2.17. The fraction of sp³-hybridized carbons (Fsp3) is 0.370. The molecule has 2 saturated heterocycles. The molecule has 3 heterocycles. The molecule has 2 aliphatic heterocycles. The molecule has 12 heteroatoms. The number of aromatic nitrogens is 3. The minimum Gasteiger partial charge on any atom is -0.497 e. The molecule has 2 aromatic carbocycles. The summed E-state index contributed by atoms with van der Waals surface area (Å²) in [5.74, 6) is 1.14. The van der Waals surface area contributed by atoms with Crippen LogP contribution in [0.25, 0.3) is 0 Å². The molecule has 0 aliphatic carbocycles. The van der Waals surface area contributed by atoms with Crippen molar-refractivity contribution in [2.45, 2.75) is 38.9 Å². The average molecular weight is 532 g/mol. The molecule has 0 radical (unpaired) electrons. The third-order valence-electron chi connectivity index (χ3n) is 6.60. The van der Waals surface area contributed by atoms with Crippen LogP contribution in [0.2, 0.25) is 0 Å². The van der Waals surface area contributed by atoms with E-state index in [1.54, 1.807) is 7.11 Å². The maximum atomic E-state index is 12.0. The molecular formula is C27H33N9O3. The summed E-state index contributed by atoms with van der Waals surface area (Å²) in [6.07, 6.45) is 3.89. The number of hydrogen-bond donors (Lipinski definition) is 4. The standard InChI is InChI=1S/C27H33N9O3/c1-39-22-11-9-20(10-12-22)16-29-25-31-24(32-26(33-25)34-36-18-23(37)30-27(36)38)28-15-19-5-7-21(8-6-19)17-35-13-3-2-4-14-35/h5-12H,2-4,13-18H2,1H3,(H,30,37,38)(H3,28,29,31,32,33,34). The van der Waals surface area contributed by atoms with Gasteiger partial charge in [-0.25, -0.2) is 9.80 Å². The Hall–Kier alpha value is -4.45. The van der Waals surface area contributed by atoms with Crippen molar-refractivity contribution in [3.05, 3.63) is 65.2 Å². The molecule has 1 aromatic heterocycles. The van der Waals surface area contributed by atoms with Gasteiger partial charge in [-0.15, -0.1) is 0 Å². The molecule has 12 nitrogen and oxygen atoms in total. The van der Waals surface area contributed by atoms with Gasteiger partial charge < -0.3 is 15.4 Å². The van der Waals surface area contributed by atoms with Crippen molar-refractivity contribution in [1.29, 1.82) is 0 Å². The van der Waals surface area contributed by atoms with Crippen LogP contribution in [0.4, 0.5) is 22.6 Å². The van der Waals surface area contributed by atoms with Crippen molar-refractivity contribution in [3.63, 3.8) is 0 Å². The van der Waals surface area contributed by atoms with Gasteiger partial charge in [-0.3, -0.25) is 20.4 Å². The van der Waals surface area contributed by atoms with Gasteiger partial charge in [-0.2, -0.15) is 15.0 Å². The normalized spacial score (nSPS) is 15.7. The minimum atomic E-state index is -0.563. The van der Waals surface area contributed by atoms with Crippen LogP contribution in [0.5, 0.6) is 5.75 Å². The van der Waals surface area contributed by atoms with E-state index in [9.17, 15) is 9.59 Å². The Bertz CT molecular complexity index is 1280. The molecule has 39 heavy (non-hydrogen) atoms. The maximum absolute atomic E-state index is 12.0. The van der Waals surface area contributed by atoms with E-state index in [0.29, 0.717) is 25.0 Å². The van der Waals surface area contributed by atoms with E-state index in [2.05, 4.69) is 65.5 Å². The van der Waals surface area contributed by atoms with E-state index in [1.165, 1.54) is 37.9 Å². The van der Waals surface area contributed by atoms with Crippen LogP contribution >= 0.6 is 0 Å². The molecule has 0 unspecified atom stereocenters. The van der Waals surface area contributed by atoms with Gasteiger partial charge in [-0.1, -0.05) is 42.8 Å². The Morgan fingerprint density at radius 1 is 0.795 bits per heavy atom. The summed E-state index contributed by atoms with van der Waals surface area (Å²) in [5, 5.41) is 9.78. The Labute approximate surface area is 227 Å². The zero-order valence-corrected chi connectivity index (χ0v) is 21.9. The second-order valence-corrected chi connectivity index (χ2v) is 9.57. The van der Waals surface area contributed by atoms with Crippen LogP contribution in [0.15, 0.2) is 48.5 Å². The number of ether oxygens (including phenoxy) is 1. The highest BCUT2D eigenvalue weighted by Gasteiger charge is 2.27. The number of anilines is 3. The summed E-state index contributed by atoms with van der Waals surface area (Å²) >= 11 is 0. The maximum Gasteiger partial charge on any atom is 0.343 e. The molecule has 0 saturated carbocycles. The lowest BCUT2D eigenvalue weighted by atomic mass is 10.1. The predicted molar refractivity (Wildman–Crippen MR) is 147 cm³/mol. The smallest absolute Gasteiger partial charge is 0.343 e. The molecule has 0 spiro atoms. The number of nitrogens with zero attached hydrogens (tertiary/aromatic N) is 5. The summed E-state index contributed by atoms with van der Waals surface area (Å²) in [6, 6.07) is 15.6. The third-order valence-corrected chi connectivity index (χ3v) is 6.60. The molecule has 204 valence electrons. The largest absolute Gasteiger partial charge is 0.497 e. The molecule has 2 fully saturated rings. The van der Waals surface area contributed by atoms with E-state index in [0.717, 1.165) is 28.4 Å². The van der Waals surface area contributed by atoms with Crippen molar-refractivity contribution in [3.8, 4) is 5.75 Å². The Morgan fingerprint density at radius 3 is 1.92 bits per heavy atom. The highest BCUT2D eigenvalue weighted by atomic mass is 16.5. The van der Waals surface area contributed by atoms with Crippen molar-refractivity contribution < 1.29 is 14.3 Å². The first-order valence-corrected chi connectivity index (χ1v) is 13.1. The second-order valence-electron chi connectivity index (χ2n) is 9.57. The fourth-order valence-electron chi connectivity index (χ4n) is 4.48. The Kier molecular flexibility index (Phi) is 8.32. The molecule has 0 atom stereocenters. The average Bonchev–Trinajstić information content (AvgIpc) is 3.28. The van der Waals surface area contributed by atoms with E-state index < -0.39 is 11.9 Å². The number of carbonyl (C=O) groups excluding carboxylic acids is 2. The van der Waals surface area contributed by atoms with E-state index in [-0.39, 0.29) is 12.5 Å². The number of hydrazine groups is 1. The molecule has 3 aromatic rings. The van der Waals surface area contributed by atoms with Gasteiger partial charge >= 0.3 is 6.03 Å². The summed E-state index contributed by atoms with van der Waals surface area (Å²) in [5.41, 5.74) is 6.19. The zero-order valence-electron chi connectivity index (χ0n) is 21.9. The number of amides is 3. The lowest BCUT2D eigenvalue weighted by Gasteiger charge is -2.26. The Morgan fingerprint density at radius 2 is 1.36 bits per heavy atom. The second kappa shape index (κ2) is 12.4. The van der Waals surface area contributed by atoms with Crippen molar-refractivity contribution in [1.82, 2.24) is 30.2 Å². The minimum absolute atomic E-state index is 0.131. The van der Waals surface area contributed by atoms with Gasteiger partial charge in [0.05, 0.1) is 7.11 Å². The number of urea groups is 1. The number of rotatable bonds is 11. The van der Waals surface area contributed by atoms with Gasteiger partial charge in [0.2, 0.25) is 23.8 Å². The Balaban J connectivity index is 1.25.